The van der Waals surface area contributed by atoms with E-state index in [1.54, 1.807) is 0 Å². The van der Waals surface area contributed by atoms with Crippen molar-refractivity contribution in [3.05, 3.63) is 0 Å². The highest BCUT2D eigenvalue weighted by Crippen LogP contribution is 2.29. The zero-order valence-electron chi connectivity index (χ0n) is 10.3. The second kappa shape index (κ2) is 5.47. The highest BCUT2D eigenvalue weighted by atomic mass is 32.2. The molecule has 0 radical (unpaired) electrons. The second-order valence-electron chi connectivity index (χ2n) is 5.12. The lowest BCUT2D eigenvalue weighted by Crippen LogP contribution is -2.44. The average Bonchev–Trinajstić information content (AvgIpc) is 2.22. The molecule has 1 saturated carbocycles. The largest absolute Gasteiger partial charge is 0.395 e. The molecular formula is C11H23NO3S. The Hall–Kier alpha value is -0.130. The Kier molecular flexibility index (Phi) is 4.76. The molecule has 0 spiro atoms. The predicted molar refractivity (Wildman–Crippen MR) is 64.6 cm³/mol. The molecule has 0 aromatic heterocycles. The van der Waals surface area contributed by atoms with Crippen molar-refractivity contribution >= 4 is 10.0 Å². The molecule has 16 heavy (non-hydrogen) atoms. The molecule has 1 rings (SSSR count). The van der Waals surface area contributed by atoms with Gasteiger partial charge in [0.2, 0.25) is 10.0 Å². The van der Waals surface area contributed by atoms with Crippen LogP contribution in [0, 0.1) is 11.8 Å². The molecule has 4 unspecified atom stereocenters. The number of hydrogen-bond donors (Lipinski definition) is 2. The molecule has 1 aliphatic rings. The molecule has 0 aromatic carbocycles. The topological polar surface area (TPSA) is 66.4 Å². The Balaban J connectivity index is 2.55. The molecule has 2 N–H and O–H groups in total. The molecule has 0 bridgehead atoms. The summed E-state index contributed by atoms with van der Waals surface area (Å²) in [6.07, 6.45) is 2.88. The monoisotopic (exact) mass is 249 g/mol. The van der Waals surface area contributed by atoms with E-state index in [0.717, 1.165) is 19.3 Å². The molecule has 0 saturated heterocycles. The Bertz CT molecular complexity index is 315. The maximum Gasteiger partial charge on any atom is 0.216 e. The summed E-state index contributed by atoms with van der Waals surface area (Å²) in [6, 6.07) is 0.0465. The summed E-state index contributed by atoms with van der Waals surface area (Å²) in [5.74, 6) is 1.24. The van der Waals surface area contributed by atoms with Gasteiger partial charge < -0.3 is 5.11 Å². The SMILES string of the molecule is CC1CCC(NS(=O)(=O)C(C)CO)CC1C. The molecular weight excluding hydrogens is 226 g/mol. The number of aliphatic hydroxyl groups excluding tert-OH is 1. The van der Waals surface area contributed by atoms with Gasteiger partial charge in [-0.2, -0.15) is 0 Å². The molecule has 0 aliphatic heterocycles. The van der Waals surface area contributed by atoms with Gasteiger partial charge in [0.25, 0.3) is 0 Å². The summed E-state index contributed by atoms with van der Waals surface area (Å²) in [4.78, 5) is 0. The lowest BCUT2D eigenvalue weighted by molar-refractivity contribution is 0.240. The Labute approximate surface area is 98.5 Å². The Morgan fingerprint density at radius 3 is 2.44 bits per heavy atom. The first-order valence-electron chi connectivity index (χ1n) is 5.98. The molecule has 4 nitrogen and oxygen atoms in total. The summed E-state index contributed by atoms with van der Waals surface area (Å²) in [5.41, 5.74) is 0. The minimum Gasteiger partial charge on any atom is -0.395 e. The summed E-state index contributed by atoms with van der Waals surface area (Å²) in [5, 5.41) is 8.15. The highest BCUT2D eigenvalue weighted by Gasteiger charge is 2.29. The van der Waals surface area contributed by atoms with Crippen LogP contribution in [0.5, 0.6) is 0 Å². The van der Waals surface area contributed by atoms with Gasteiger partial charge in [-0.3, -0.25) is 0 Å². The summed E-state index contributed by atoms with van der Waals surface area (Å²) < 4.78 is 26.2. The first kappa shape index (κ1) is 13.9. The Morgan fingerprint density at radius 1 is 1.31 bits per heavy atom. The van der Waals surface area contributed by atoms with E-state index in [1.807, 2.05) is 0 Å². The van der Waals surface area contributed by atoms with E-state index in [0.29, 0.717) is 11.8 Å². The third-order valence-corrected chi connectivity index (χ3v) is 5.59. The maximum atomic E-state index is 11.7. The molecule has 0 heterocycles. The molecule has 96 valence electrons. The van der Waals surface area contributed by atoms with Gasteiger partial charge in [-0.25, -0.2) is 13.1 Å². The fraction of sp³-hybridized carbons (Fsp3) is 1.00. The summed E-state index contributed by atoms with van der Waals surface area (Å²) in [7, 11) is -3.35. The molecule has 4 atom stereocenters. The predicted octanol–water partition coefficient (Wildman–Crippen LogP) is 1.11. The normalized spacial score (nSPS) is 33.6. The van der Waals surface area contributed by atoms with E-state index < -0.39 is 15.3 Å². The lowest BCUT2D eigenvalue weighted by Gasteiger charge is -2.32. The standard InChI is InChI=1S/C11H23NO3S/c1-8-4-5-11(6-9(8)2)12-16(14,15)10(3)7-13/h8-13H,4-7H2,1-3H3. The van der Waals surface area contributed by atoms with Crippen molar-refractivity contribution in [3.8, 4) is 0 Å². The van der Waals surface area contributed by atoms with Gasteiger partial charge in [0.05, 0.1) is 11.9 Å². The van der Waals surface area contributed by atoms with Crippen molar-refractivity contribution in [2.45, 2.75) is 51.3 Å². The van der Waals surface area contributed by atoms with Gasteiger partial charge in [-0.15, -0.1) is 0 Å². The second-order valence-corrected chi connectivity index (χ2v) is 7.25. The fourth-order valence-electron chi connectivity index (χ4n) is 2.10. The number of rotatable bonds is 4. The third kappa shape index (κ3) is 3.43. The zero-order chi connectivity index (χ0) is 12.3. The van der Waals surface area contributed by atoms with Crippen LogP contribution in [-0.2, 0) is 10.0 Å². The number of aliphatic hydroxyl groups is 1. The van der Waals surface area contributed by atoms with Crippen LogP contribution >= 0.6 is 0 Å². The van der Waals surface area contributed by atoms with E-state index in [1.165, 1.54) is 6.92 Å². The quantitative estimate of drug-likeness (QED) is 0.784. The van der Waals surface area contributed by atoms with Crippen molar-refractivity contribution in [1.29, 1.82) is 0 Å². The highest BCUT2D eigenvalue weighted by molar-refractivity contribution is 7.90. The number of hydrogen-bond acceptors (Lipinski definition) is 3. The number of sulfonamides is 1. The minimum atomic E-state index is -3.35. The minimum absolute atomic E-state index is 0.0465. The average molecular weight is 249 g/mol. The van der Waals surface area contributed by atoms with Gasteiger partial charge in [-0.1, -0.05) is 13.8 Å². The first-order valence-corrected chi connectivity index (χ1v) is 7.53. The van der Waals surface area contributed by atoms with Crippen LogP contribution in [0.15, 0.2) is 0 Å². The van der Waals surface area contributed by atoms with Crippen LogP contribution in [0.2, 0.25) is 0 Å². The van der Waals surface area contributed by atoms with Gasteiger partial charge in [0, 0.05) is 6.04 Å². The molecule has 5 heteroatoms. The summed E-state index contributed by atoms with van der Waals surface area (Å²) >= 11 is 0. The van der Waals surface area contributed by atoms with E-state index >= 15 is 0 Å². The van der Waals surface area contributed by atoms with Crippen LogP contribution in [-0.4, -0.2) is 31.4 Å². The molecule has 0 amide bonds. The fourth-order valence-corrected chi connectivity index (χ4v) is 3.21. The van der Waals surface area contributed by atoms with Gasteiger partial charge in [0.15, 0.2) is 0 Å². The van der Waals surface area contributed by atoms with Crippen molar-refractivity contribution in [2.75, 3.05) is 6.61 Å². The van der Waals surface area contributed by atoms with Crippen LogP contribution < -0.4 is 4.72 Å². The van der Waals surface area contributed by atoms with Gasteiger partial charge >= 0.3 is 0 Å². The smallest absolute Gasteiger partial charge is 0.216 e. The van der Waals surface area contributed by atoms with Crippen molar-refractivity contribution in [1.82, 2.24) is 4.72 Å². The van der Waals surface area contributed by atoms with E-state index in [-0.39, 0.29) is 12.6 Å². The number of nitrogens with one attached hydrogen (secondary N) is 1. The van der Waals surface area contributed by atoms with Crippen LogP contribution in [0.4, 0.5) is 0 Å². The molecule has 1 fully saturated rings. The Morgan fingerprint density at radius 2 is 1.94 bits per heavy atom. The van der Waals surface area contributed by atoms with Crippen molar-refractivity contribution in [2.24, 2.45) is 11.8 Å². The van der Waals surface area contributed by atoms with E-state index in [2.05, 4.69) is 18.6 Å². The zero-order valence-corrected chi connectivity index (χ0v) is 11.1. The maximum absolute atomic E-state index is 11.7. The molecule has 1 aliphatic carbocycles. The van der Waals surface area contributed by atoms with Crippen LogP contribution in [0.1, 0.15) is 40.0 Å². The molecule has 0 aromatic rings. The van der Waals surface area contributed by atoms with Gasteiger partial charge in [-0.05, 0) is 38.0 Å². The van der Waals surface area contributed by atoms with Crippen molar-refractivity contribution in [3.63, 3.8) is 0 Å². The third-order valence-electron chi connectivity index (χ3n) is 3.72. The van der Waals surface area contributed by atoms with Crippen LogP contribution in [0.25, 0.3) is 0 Å². The van der Waals surface area contributed by atoms with Gasteiger partial charge in [0.1, 0.15) is 0 Å². The van der Waals surface area contributed by atoms with E-state index in [4.69, 9.17) is 5.11 Å². The van der Waals surface area contributed by atoms with Crippen molar-refractivity contribution < 1.29 is 13.5 Å². The van der Waals surface area contributed by atoms with Crippen LogP contribution in [0.3, 0.4) is 0 Å². The lowest BCUT2D eigenvalue weighted by atomic mass is 9.79. The van der Waals surface area contributed by atoms with E-state index in [9.17, 15) is 8.42 Å². The summed E-state index contributed by atoms with van der Waals surface area (Å²) in [6.45, 7) is 5.58. The first-order chi connectivity index (χ1) is 7.36.